The van der Waals surface area contributed by atoms with Gasteiger partial charge in [0.25, 0.3) is 0 Å². The summed E-state index contributed by atoms with van der Waals surface area (Å²) in [5.41, 5.74) is -0.728. The van der Waals surface area contributed by atoms with Gasteiger partial charge in [0, 0.05) is 24.7 Å². The van der Waals surface area contributed by atoms with Crippen molar-refractivity contribution < 1.29 is 24.5 Å². The Balaban J connectivity index is 2.41. The summed E-state index contributed by atoms with van der Waals surface area (Å²) in [7, 11) is 1.40. The van der Waals surface area contributed by atoms with E-state index in [9.17, 15) is 19.8 Å². The first kappa shape index (κ1) is 24.8. The summed E-state index contributed by atoms with van der Waals surface area (Å²) in [5, 5.41) is 20.7. The van der Waals surface area contributed by atoms with Crippen molar-refractivity contribution in [2.24, 2.45) is 11.8 Å². The van der Waals surface area contributed by atoms with Gasteiger partial charge in [-0.25, -0.2) is 0 Å². The first-order chi connectivity index (χ1) is 13.3. The molecule has 0 aromatic carbocycles. The first-order valence-corrected chi connectivity index (χ1v) is 11.0. The SMILES string of the molecule is CCCCCC(C)(O)CC=C[C@H]1[C@H](O)CC(=O)[C@@H]1CCCCCCC(=O)OC. The van der Waals surface area contributed by atoms with E-state index in [1.165, 1.54) is 7.11 Å². The second-order valence-electron chi connectivity index (χ2n) is 8.54. The van der Waals surface area contributed by atoms with Crippen LogP contribution in [0.4, 0.5) is 0 Å². The summed E-state index contributed by atoms with van der Waals surface area (Å²) >= 11 is 0. The van der Waals surface area contributed by atoms with E-state index >= 15 is 0 Å². The molecule has 1 unspecified atom stereocenters. The molecule has 28 heavy (non-hydrogen) atoms. The summed E-state index contributed by atoms with van der Waals surface area (Å²) in [4.78, 5) is 23.4. The molecule has 1 aliphatic carbocycles. The first-order valence-electron chi connectivity index (χ1n) is 11.0. The number of rotatable bonds is 14. The van der Waals surface area contributed by atoms with Crippen molar-refractivity contribution >= 4 is 11.8 Å². The van der Waals surface area contributed by atoms with Crippen LogP contribution >= 0.6 is 0 Å². The minimum Gasteiger partial charge on any atom is -0.469 e. The molecule has 0 aromatic rings. The zero-order valence-electron chi connectivity index (χ0n) is 18.0. The Kier molecular flexibility index (Phi) is 11.6. The van der Waals surface area contributed by atoms with Gasteiger partial charge in [-0.15, -0.1) is 0 Å². The maximum absolute atomic E-state index is 12.3. The van der Waals surface area contributed by atoms with Gasteiger partial charge in [-0.05, 0) is 32.6 Å². The molecule has 0 spiro atoms. The molecule has 1 fully saturated rings. The Morgan fingerprint density at radius 1 is 1.21 bits per heavy atom. The molecule has 5 nitrogen and oxygen atoms in total. The van der Waals surface area contributed by atoms with E-state index in [0.29, 0.717) is 12.8 Å². The maximum atomic E-state index is 12.3. The highest BCUT2D eigenvalue weighted by molar-refractivity contribution is 5.84. The van der Waals surface area contributed by atoms with E-state index in [4.69, 9.17) is 0 Å². The van der Waals surface area contributed by atoms with E-state index in [1.54, 1.807) is 0 Å². The molecule has 162 valence electrons. The monoisotopic (exact) mass is 396 g/mol. The number of ketones is 1. The van der Waals surface area contributed by atoms with Gasteiger partial charge >= 0.3 is 5.97 Å². The van der Waals surface area contributed by atoms with Gasteiger partial charge in [-0.3, -0.25) is 9.59 Å². The second-order valence-corrected chi connectivity index (χ2v) is 8.54. The van der Waals surface area contributed by atoms with Crippen LogP contribution in [-0.2, 0) is 14.3 Å². The van der Waals surface area contributed by atoms with Gasteiger partial charge in [0.1, 0.15) is 5.78 Å². The van der Waals surface area contributed by atoms with Gasteiger partial charge in [0.15, 0.2) is 0 Å². The zero-order chi connectivity index (χ0) is 21.0. The summed E-state index contributed by atoms with van der Waals surface area (Å²) < 4.78 is 4.63. The maximum Gasteiger partial charge on any atom is 0.305 e. The third-order valence-electron chi connectivity index (χ3n) is 5.84. The molecule has 0 bridgehead atoms. The van der Waals surface area contributed by atoms with Crippen molar-refractivity contribution in [3.8, 4) is 0 Å². The molecular formula is C23H40O5. The van der Waals surface area contributed by atoms with Crippen molar-refractivity contribution in [2.45, 2.75) is 103 Å². The molecule has 0 aromatic heterocycles. The Morgan fingerprint density at radius 2 is 1.93 bits per heavy atom. The summed E-state index contributed by atoms with van der Waals surface area (Å²) in [5.74, 6) is -0.304. The lowest BCUT2D eigenvalue weighted by Gasteiger charge is -2.22. The topological polar surface area (TPSA) is 83.8 Å². The molecule has 5 heteroatoms. The molecular weight excluding hydrogens is 356 g/mol. The second kappa shape index (κ2) is 13.1. The molecule has 1 aliphatic rings. The zero-order valence-corrected chi connectivity index (χ0v) is 18.0. The minimum atomic E-state index is -0.728. The van der Waals surface area contributed by atoms with Crippen LogP contribution in [0.2, 0.25) is 0 Å². The average Bonchev–Trinajstić information content (AvgIpc) is 2.91. The Bertz CT molecular complexity index is 497. The third-order valence-corrected chi connectivity index (χ3v) is 5.84. The standard InChI is InChI=1S/C23H40O5/c1-4-5-10-15-23(2,27)16-11-13-19-18(20(24)17-21(19)25)12-8-6-7-9-14-22(26)28-3/h11,13,18-19,21,25,27H,4-10,12,14-17H2,1-3H3/t18-,19-,21-,23?/m1/s1. The Hall–Kier alpha value is -1.20. The van der Waals surface area contributed by atoms with E-state index in [-0.39, 0.29) is 30.0 Å². The van der Waals surface area contributed by atoms with Gasteiger partial charge in [-0.1, -0.05) is 57.6 Å². The largest absolute Gasteiger partial charge is 0.469 e. The van der Waals surface area contributed by atoms with Crippen LogP contribution in [-0.4, -0.2) is 40.8 Å². The van der Waals surface area contributed by atoms with Crippen molar-refractivity contribution in [1.82, 2.24) is 0 Å². The van der Waals surface area contributed by atoms with Crippen molar-refractivity contribution in [3.05, 3.63) is 12.2 Å². The molecule has 0 amide bonds. The summed E-state index contributed by atoms with van der Waals surface area (Å²) in [6, 6.07) is 0. The quantitative estimate of drug-likeness (QED) is 0.259. The third kappa shape index (κ3) is 9.33. The van der Waals surface area contributed by atoms with E-state index in [1.807, 2.05) is 19.1 Å². The van der Waals surface area contributed by atoms with Crippen molar-refractivity contribution in [3.63, 3.8) is 0 Å². The summed E-state index contributed by atoms with van der Waals surface area (Å²) in [6.07, 6.45) is 13.0. The van der Waals surface area contributed by atoms with Crippen LogP contribution in [0.15, 0.2) is 12.2 Å². The minimum absolute atomic E-state index is 0.128. The molecule has 0 heterocycles. The van der Waals surface area contributed by atoms with E-state index in [2.05, 4.69) is 11.7 Å². The number of esters is 1. The number of methoxy groups -OCH3 is 1. The highest BCUT2D eigenvalue weighted by atomic mass is 16.5. The lowest BCUT2D eigenvalue weighted by Crippen LogP contribution is -2.23. The van der Waals surface area contributed by atoms with Crippen molar-refractivity contribution in [2.75, 3.05) is 7.11 Å². The number of hydrogen-bond acceptors (Lipinski definition) is 5. The average molecular weight is 397 g/mol. The normalized spacial score (nSPS) is 24.6. The van der Waals surface area contributed by atoms with E-state index < -0.39 is 11.7 Å². The van der Waals surface area contributed by atoms with Crippen LogP contribution in [0.1, 0.15) is 90.9 Å². The number of unbranched alkanes of at least 4 members (excludes halogenated alkanes) is 5. The lowest BCUT2D eigenvalue weighted by atomic mass is 9.87. The van der Waals surface area contributed by atoms with Crippen LogP contribution in [0.5, 0.6) is 0 Å². The molecule has 4 atom stereocenters. The molecule has 2 N–H and O–H groups in total. The predicted octanol–water partition coefficient (Wildman–Crippen LogP) is 4.34. The molecule has 0 saturated heterocycles. The fourth-order valence-corrected chi connectivity index (χ4v) is 4.02. The van der Waals surface area contributed by atoms with Crippen molar-refractivity contribution in [1.29, 1.82) is 0 Å². The summed E-state index contributed by atoms with van der Waals surface area (Å²) in [6.45, 7) is 4.00. The number of Topliss-reactive ketones (excluding diaryl/α,β-unsaturated/α-hetero) is 1. The fourth-order valence-electron chi connectivity index (χ4n) is 4.02. The molecule has 1 saturated carbocycles. The lowest BCUT2D eigenvalue weighted by molar-refractivity contribution is -0.140. The van der Waals surface area contributed by atoms with E-state index in [0.717, 1.165) is 57.8 Å². The van der Waals surface area contributed by atoms with Crippen LogP contribution in [0, 0.1) is 11.8 Å². The number of carbonyl (C=O) groups excluding carboxylic acids is 2. The Morgan fingerprint density at radius 3 is 2.61 bits per heavy atom. The number of aliphatic hydroxyl groups excluding tert-OH is 1. The van der Waals surface area contributed by atoms with Crippen LogP contribution in [0.3, 0.4) is 0 Å². The molecule has 0 radical (unpaired) electrons. The number of ether oxygens (including phenoxy) is 1. The van der Waals surface area contributed by atoms with Gasteiger partial charge in [0.2, 0.25) is 0 Å². The molecule has 1 rings (SSSR count). The highest BCUT2D eigenvalue weighted by Gasteiger charge is 2.39. The Labute approximate surface area is 170 Å². The number of aliphatic hydroxyl groups is 2. The predicted molar refractivity (Wildman–Crippen MR) is 111 cm³/mol. The number of hydrogen-bond donors (Lipinski definition) is 2. The highest BCUT2D eigenvalue weighted by Crippen LogP contribution is 2.34. The van der Waals surface area contributed by atoms with Gasteiger partial charge in [0.05, 0.1) is 18.8 Å². The van der Waals surface area contributed by atoms with Crippen LogP contribution in [0.25, 0.3) is 0 Å². The van der Waals surface area contributed by atoms with Gasteiger partial charge in [-0.2, -0.15) is 0 Å². The van der Waals surface area contributed by atoms with Crippen LogP contribution < -0.4 is 0 Å². The number of carbonyl (C=O) groups is 2. The molecule has 0 aliphatic heterocycles. The fraction of sp³-hybridized carbons (Fsp3) is 0.826. The van der Waals surface area contributed by atoms with Gasteiger partial charge < -0.3 is 14.9 Å². The smallest absolute Gasteiger partial charge is 0.305 e.